The van der Waals surface area contributed by atoms with Gasteiger partial charge in [0.05, 0.1) is 0 Å². The van der Waals surface area contributed by atoms with Crippen LogP contribution in [0.5, 0.6) is 0 Å². The predicted octanol–water partition coefficient (Wildman–Crippen LogP) is 3.88. The Hall–Kier alpha value is -2.16. The van der Waals surface area contributed by atoms with Crippen molar-refractivity contribution in [2.45, 2.75) is 32.7 Å². The molecular weight excluding hydrogens is 482 g/mol. The number of aliphatic imine (C=N–C) groups is 1. The number of carbonyl (C=O) groups is 1. The van der Waals surface area contributed by atoms with Gasteiger partial charge in [-0.25, -0.2) is 4.39 Å². The maximum atomic E-state index is 13.6. The summed E-state index contributed by atoms with van der Waals surface area (Å²) in [5.74, 6) is 0.419. The number of halogens is 2. The van der Waals surface area contributed by atoms with Crippen molar-refractivity contribution < 1.29 is 9.18 Å². The first-order chi connectivity index (χ1) is 13.6. The SMILES string of the molecule is CCCCNC(=O)c1ccc(CNC(=NC)NCCc2ccccc2F)cc1.I. The molecule has 0 aliphatic rings. The molecule has 2 rings (SSSR count). The van der Waals surface area contributed by atoms with Gasteiger partial charge < -0.3 is 16.0 Å². The summed E-state index contributed by atoms with van der Waals surface area (Å²) in [7, 11) is 1.70. The number of hydrogen-bond donors (Lipinski definition) is 3. The maximum Gasteiger partial charge on any atom is 0.251 e. The van der Waals surface area contributed by atoms with Crippen molar-refractivity contribution >= 4 is 35.8 Å². The van der Waals surface area contributed by atoms with Gasteiger partial charge in [0.2, 0.25) is 0 Å². The molecule has 0 aliphatic carbocycles. The molecule has 1 amide bonds. The first-order valence-corrected chi connectivity index (χ1v) is 9.69. The zero-order chi connectivity index (χ0) is 20.2. The largest absolute Gasteiger partial charge is 0.356 e. The van der Waals surface area contributed by atoms with Gasteiger partial charge >= 0.3 is 0 Å². The highest BCUT2D eigenvalue weighted by molar-refractivity contribution is 14.0. The molecule has 158 valence electrons. The summed E-state index contributed by atoms with van der Waals surface area (Å²) < 4.78 is 13.6. The van der Waals surface area contributed by atoms with Crippen molar-refractivity contribution in [3.05, 3.63) is 71.0 Å². The minimum absolute atomic E-state index is 0. The Morgan fingerprint density at radius 2 is 1.72 bits per heavy atom. The smallest absolute Gasteiger partial charge is 0.251 e. The van der Waals surface area contributed by atoms with Crippen LogP contribution < -0.4 is 16.0 Å². The monoisotopic (exact) mass is 512 g/mol. The molecule has 2 aromatic carbocycles. The molecule has 0 spiro atoms. The Morgan fingerprint density at radius 1 is 1.00 bits per heavy atom. The zero-order valence-corrected chi connectivity index (χ0v) is 19.3. The van der Waals surface area contributed by atoms with Gasteiger partial charge in [-0.15, -0.1) is 24.0 Å². The molecule has 2 aromatic rings. The summed E-state index contributed by atoms with van der Waals surface area (Å²) >= 11 is 0. The second kappa shape index (κ2) is 13.9. The molecule has 0 atom stereocenters. The van der Waals surface area contributed by atoms with Crippen LogP contribution in [0.4, 0.5) is 4.39 Å². The van der Waals surface area contributed by atoms with E-state index in [2.05, 4.69) is 27.9 Å². The highest BCUT2D eigenvalue weighted by Crippen LogP contribution is 2.06. The molecule has 0 fully saturated rings. The molecular formula is C22H30FIN4O. The number of nitrogens with zero attached hydrogens (tertiary/aromatic N) is 1. The third-order valence-electron chi connectivity index (χ3n) is 4.36. The Kier molecular flexibility index (Phi) is 11.9. The van der Waals surface area contributed by atoms with Crippen LogP contribution in [0.2, 0.25) is 0 Å². The van der Waals surface area contributed by atoms with Crippen molar-refractivity contribution in [3.8, 4) is 0 Å². The number of hydrogen-bond acceptors (Lipinski definition) is 2. The number of carbonyl (C=O) groups excluding carboxylic acids is 1. The van der Waals surface area contributed by atoms with E-state index in [4.69, 9.17) is 0 Å². The average molecular weight is 512 g/mol. The van der Waals surface area contributed by atoms with Gasteiger partial charge in [-0.05, 0) is 42.2 Å². The van der Waals surface area contributed by atoms with Crippen LogP contribution in [0.1, 0.15) is 41.3 Å². The van der Waals surface area contributed by atoms with Crippen molar-refractivity contribution in [1.82, 2.24) is 16.0 Å². The van der Waals surface area contributed by atoms with Crippen LogP contribution in [0.25, 0.3) is 0 Å². The number of benzene rings is 2. The topological polar surface area (TPSA) is 65.5 Å². The Bertz CT molecular complexity index is 781. The van der Waals surface area contributed by atoms with Gasteiger partial charge in [-0.1, -0.05) is 43.7 Å². The van der Waals surface area contributed by atoms with Gasteiger partial charge in [0, 0.05) is 32.2 Å². The Morgan fingerprint density at radius 3 is 2.38 bits per heavy atom. The Labute approximate surface area is 189 Å². The standard InChI is InChI=1S/C22H29FN4O.HI/c1-3-4-14-25-21(28)19-11-9-17(10-12-19)16-27-22(24-2)26-15-13-18-7-5-6-8-20(18)23;/h5-12H,3-4,13-16H2,1-2H3,(H,25,28)(H2,24,26,27);1H. The first-order valence-electron chi connectivity index (χ1n) is 9.69. The normalized spacial score (nSPS) is 10.8. The van der Waals surface area contributed by atoms with Crippen LogP contribution in [0.15, 0.2) is 53.5 Å². The minimum atomic E-state index is -0.189. The lowest BCUT2D eigenvalue weighted by atomic mass is 10.1. The summed E-state index contributed by atoms with van der Waals surface area (Å²) in [5.41, 5.74) is 2.38. The fourth-order valence-corrected chi connectivity index (χ4v) is 2.68. The summed E-state index contributed by atoms with van der Waals surface area (Å²) in [5, 5.41) is 9.31. The van der Waals surface area contributed by atoms with Gasteiger partial charge in [-0.2, -0.15) is 0 Å². The van der Waals surface area contributed by atoms with E-state index in [0.717, 1.165) is 18.4 Å². The van der Waals surface area contributed by atoms with E-state index in [-0.39, 0.29) is 35.7 Å². The van der Waals surface area contributed by atoms with Crippen molar-refractivity contribution in [2.24, 2.45) is 4.99 Å². The molecule has 29 heavy (non-hydrogen) atoms. The van der Waals surface area contributed by atoms with Gasteiger partial charge in [-0.3, -0.25) is 9.79 Å². The highest BCUT2D eigenvalue weighted by Gasteiger charge is 2.05. The number of rotatable bonds is 9. The van der Waals surface area contributed by atoms with Crippen LogP contribution in [0.3, 0.4) is 0 Å². The number of guanidine groups is 1. The summed E-state index contributed by atoms with van der Waals surface area (Å²) in [6.07, 6.45) is 2.62. The maximum absolute atomic E-state index is 13.6. The second-order valence-corrected chi connectivity index (χ2v) is 6.50. The molecule has 5 nitrogen and oxygen atoms in total. The molecule has 0 saturated heterocycles. The molecule has 0 heterocycles. The molecule has 0 bridgehead atoms. The third kappa shape index (κ3) is 8.81. The molecule has 0 radical (unpaired) electrons. The number of amides is 1. The van der Waals surface area contributed by atoms with E-state index < -0.39 is 0 Å². The molecule has 0 aliphatic heterocycles. The van der Waals surface area contributed by atoms with Crippen LogP contribution in [-0.4, -0.2) is 32.0 Å². The fourth-order valence-electron chi connectivity index (χ4n) is 2.68. The lowest BCUT2D eigenvalue weighted by Crippen LogP contribution is -2.37. The van der Waals surface area contributed by atoms with E-state index in [1.165, 1.54) is 6.07 Å². The molecule has 0 unspecified atom stereocenters. The van der Waals surface area contributed by atoms with Crippen molar-refractivity contribution in [1.29, 1.82) is 0 Å². The van der Waals surface area contributed by atoms with Crippen LogP contribution in [-0.2, 0) is 13.0 Å². The van der Waals surface area contributed by atoms with Crippen molar-refractivity contribution in [2.75, 3.05) is 20.1 Å². The Balaban J connectivity index is 0.00000420. The summed E-state index contributed by atoms with van der Waals surface area (Å²) in [6.45, 7) is 3.96. The number of unbranched alkanes of at least 4 members (excludes halogenated alkanes) is 1. The van der Waals surface area contributed by atoms with Gasteiger partial charge in [0.25, 0.3) is 5.91 Å². The summed E-state index contributed by atoms with van der Waals surface area (Å²) in [4.78, 5) is 16.2. The molecule has 0 saturated carbocycles. The van der Waals surface area contributed by atoms with Crippen LogP contribution in [0, 0.1) is 5.82 Å². The fraction of sp³-hybridized carbons (Fsp3) is 0.364. The van der Waals surface area contributed by atoms with Crippen LogP contribution >= 0.6 is 24.0 Å². The van der Waals surface area contributed by atoms with Crippen molar-refractivity contribution in [3.63, 3.8) is 0 Å². The number of nitrogens with one attached hydrogen (secondary N) is 3. The molecule has 0 aromatic heterocycles. The zero-order valence-electron chi connectivity index (χ0n) is 17.0. The molecule has 7 heteroatoms. The van der Waals surface area contributed by atoms with E-state index in [9.17, 15) is 9.18 Å². The van der Waals surface area contributed by atoms with E-state index in [1.54, 1.807) is 19.2 Å². The lowest BCUT2D eigenvalue weighted by molar-refractivity contribution is 0.0953. The minimum Gasteiger partial charge on any atom is -0.356 e. The van der Waals surface area contributed by atoms with E-state index >= 15 is 0 Å². The quantitative estimate of drug-likeness (QED) is 0.207. The predicted molar refractivity (Wildman–Crippen MR) is 127 cm³/mol. The average Bonchev–Trinajstić information content (AvgIpc) is 2.72. The van der Waals surface area contributed by atoms with Gasteiger partial charge in [0.1, 0.15) is 5.82 Å². The molecule has 3 N–H and O–H groups in total. The second-order valence-electron chi connectivity index (χ2n) is 6.50. The lowest BCUT2D eigenvalue weighted by Gasteiger charge is -2.12. The first kappa shape index (κ1) is 24.9. The van der Waals surface area contributed by atoms with E-state index in [0.29, 0.717) is 43.1 Å². The highest BCUT2D eigenvalue weighted by atomic mass is 127. The van der Waals surface area contributed by atoms with E-state index in [1.807, 2.05) is 30.3 Å². The summed E-state index contributed by atoms with van der Waals surface area (Å²) in [6, 6.07) is 14.3. The third-order valence-corrected chi connectivity index (χ3v) is 4.36. The van der Waals surface area contributed by atoms with Gasteiger partial charge in [0.15, 0.2) is 5.96 Å².